The molecule has 248 valence electrons. The van der Waals surface area contributed by atoms with Crippen molar-refractivity contribution in [2.45, 2.75) is 50.5 Å². The highest BCUT2D eigenvalue weighted by Gasteiger charge is 2.49. The third-order valence-corrected chi connectivity index (χ3v) is 10.5. The first-order chi connectivity index (χ1) is 24.1. The molecule has 7 rings (SSSR count). The number of non-ortho nitro benzene ring substituents is 1. The van der Waals surface area contributed by atoms with Crippen LogP contribution >= 0.6 is 0 Å². The molecule has 5 nitrogen and oxygen atoms in total. The van der Waals surface area contributed by atoms with Crippen LogP contribution in [0, 0.1) is 17.0 Å². The minimum absolute atomic E-state index is 0.0498. The van der Waals surface area contributed by atoms with Gasteiger partial charge in [0.25, 0.3) is 11.6 Å². The van der Waals surface area contributed by atoms with Gasteiger partial charge in [0.2, 0.25) is 0 Å². The highest BCUT2D eigenvalue weighted by Crippen LogP contribution is 2.54. The number of benzene rings is 6. The van der Waals surface area contributed by atoms with Crippen molar-refractivity contribution in [1.82, 2.24) is 0 Å². The number of nitro groups is 1. The number of hydrogen-bond acceptors (Lipinski definition) is 3. The van der Waals surface area contributed by atoms with Crippen LogP contribution in [0.2, 0.25) is 0 Å². The van der Waals surface area contributed by atoms with Crippen molar-refractivity contribution in [3.8, 4) is 0 Å². The molecule has 1 aliphatic rings. The fourth-order valence-electron chi connectivity index (χ4n) is 8.25. The molecule has 0 bridgehead atoms. The number of nitrogens with zero attached hydrogens (tertiary/aromatic N) is 2. The van der Waals surface area contributed by atoms with Crippen molar-refractivity contribution < 1.29 is 9.72 Å². The van der Waals surface area contributed by atoms with Gasteiger partial charge in [0.1, 0.15) is 0 Å². The van der Waals surface area contributed by atoms with E-state index in [2.05, 4.69) is 112 Å². The topological polar surface area (TPSA) is 63.5 Å². The van der Waals surface area contributed by atoms with Crippen LogP contribution in [0.4, 0.5) is 11.4 Å². The Morgan fingerprint density at radius 1 is 0.660 bits per heavy atom. The maximum absolute atomic E-state index is 14.6. The summed E-state index contributed by atoms with van der Waals surface area (Å²) < 4.78 is 0. The summed E-state index contributed by atoms with van der Waals surface area (Å²) >= 11 is 0. The Morgan fingerprint density at radius 3 is 1.64 bits per heavy atom. The zero-order valence-electron chi connectivity index (χ0n) is 28.8. The molecule has 0 fully saturated rings. The number of amides is 1. The largest absolute Gasteiger partial charge is 0.302 e. The summed E-state index contributed by atoms with van der Waals surface area (Å²) in [5.74, 6) is -0.0600. The van der Waals surface area contributed by atoms with Gasteiger partial charge >= 0.3 is 0 Å². The lowest BCUT2D eigenvalue weighted by molar-refractivity contribution is -0.384. The summed E-state index contributed by atoms with van der Waals surface area (Å²) in [5.41, 5.74) is 7.12. The molecule has 0 spiro atoms. The number of anilines is 1. The number of fused-ring (bicyclic) bond motifs is 1. The molecule has 50 heavy (non-hydrogen) atoms. The number of hydrogen-bond donors (Lipinski definition) is 0. The molecule has 0 N–H and O–H groups in total. The fourth-order valence-corrected chi connectivity index (χ4v) is 8.25. The summed E-state index contributed by atoms with van der Waals surface area (Å²) in [4.78, 5) is 27.8. The van der Waals surface area contributed by atoms with Gasteiger partial charge < -0.3 is 4.90 Å². The second-order valence-corrected chi connectivity index (χ2v) is 14.2. The number of nitro benzene ring substituents is 1. The molecule has 6 aromatic carbocycles. The Hall–Kier alpha value is -5.81. The van der Waals surface area contributed by atoms with Crippen LogP contribution in [0.25, 0.3) is 0 Å². The van der Waals surface area contributed by atoms with Crippen molar-refractivity contribution in [2.24, 2.45) is 0 Å². The molecule has 1 aliphatic heterocycles. The van der Waals surface area contributed by atoms with Gasteiger partial charge in [-0.15, -0.1) is 0 Å². The molecule has 1 amide bonds. The Morgan fingerprint density at radius 2 is 1.16 bits per heavy atom. The molecule has 0 saturated heterocycles. The normalized spacial score (nSPS) is 16.8. The van der Waals surface area contributed by atoms with Gasteiger partial charge in [0, 0.05) is 34.3 Å². The predicted molar refractivity (Wildman–Crippen MR) is 201 cm³/mol. The summed E-state index contributed by atoms with van der Waals surface area (Å²) in [6.07, 6.45) is 0.598. The van der Waals surface area contributed by atoms with Gasteiger partial charge in [-0.05, 0) is 78.8 Å². The zero-order chi connectivity index (χ0) is 35.1. The van der Waals surface area contributed by atoms with Crippen molar-refractivity contribution in [3.63, 3.8) is 0 Å². The molecule has 0 aliphatic carbocycles. The maximum Gasteiger partial charge on any atom is 0.269 e. The van der Waals surface area contributed by atoms with E-state index in [1.807, 2.05) is 66.4 Å². The first-order valence-corrected chi connectivity index (χ1v) is 17.0. The molecular weight excluding hydrogens is 617 g/mol. The SMILES string of the molecule is Cc1ccc(C(=O)N2c3ccc(C(c4ccccc4)(c4ccccc4)c4ccccc4)cc3[C@](C)(c3ccc([N+](=O)[O-])cc3)CC2(C)C)cc1. The quantitative estimate of drug-likeness (QED) is 0.0976. The van der Waals surface area contributed by atoms with Crippen LogP contribution < -0.4 is 4.90 Å². The first-order valence-electron chi connectivity index (χ1n) is 17.0. The third kappa shape index (κ3) is 5.39. The van der Waals surface area contributed by atoms with Crippen LogP contribution in [-0.4, -0.2) is 16.4 Å². The summed E-state index contributed by atoms with van der Waals surface area (Å²) in [6, 6.07) is 53.0. The molecule has 0 radical (unpaired) electrons. The van der Waals surface area contributed by atoms with E-state index in [4.69, 9.17) is 0 Å². The Balaban J connectivity index is 1.55. The molecule has 5 heteroatoms. The van der Waals surface area contributed by atoms with Crippen LogP contribution in [-0.2, 0) is 10.8 Å². The van der Waals surface area contributed by atoms with Gasteiger partial charge in [-0.2, -0.15) is 0 Å². The molecule has 0 aromatic heterocycles. The van der Waals surface area contributed by atoms with Gasteiger partial charge in [0.05, 0.1) is 10.3 Å². The Kier molecular flexibility index (Phi) is 8.23. The Bertz CT molecular complexity index is 2060. The first kappa shape index (κ1) is 32.7. The van der Waals surface area contributed by atoms with Crippen molar-refractivity contribution >= 4 is 17.3 Å². The van der Waals surface area contributed by atoms with Gasteiger partial charge in [-0.1, -0.05) is 140 Å². The van der Waals surface area contributed by atoms with Crippen molar-refractivity contribution in [3.05, 3.63) is 212 Å². The highest BCUT2D eigenvalue weighted by atomic mass is 16.6. The van der Waals surface area contributed by atoms with Crippen LogP contribution in [0.1, 0.15) is 76.5 Å². The lowest BCUT2D eigenvalue weighted by atomic mass is 9.61. The van der Waals surface area contributed by atoms with E-state index in [0.717, 1.165) is 44.6 Å². The minimum atomic E-state index is -0.687. The van der Waals surface area contributed by atoms with E-state index >= 15 is 0 Å². The fraction of sp³-hybridized carbons (Fsp3) is 0.178. The maximum atomic E-state index is 14.6. The monoisotopic (exact) mass is 656 g/mol. The van der Waals surface area contributed by atoms with Crippen LogP contribution in [0.3, 0.4) is 0 Å². The predicted octanol–water partition coefficient (Wildman–Crippen LogP) is 10.4. The van der Waals surface area contributed by atoms with E-state index < -0.39 is 16.4 Å². The molecule has 0 unspecified atom stereocenters. The smallest absolute Gasteiger partial charge is 0.269 e. The van der Waals surface area contributed by atoms with E-state index in [0.29, 0.717) is 12.0 Å². The number of carbonyl (C=O) groups excluding carboxylic acids is 1. The molecule has 1 heterocycles. The summed E-state index contributed by atoms with van der Waals surface area (Å²) in [5, 5.41) is 11.7. The Labute approximate surface area is 294 Å². The van der Waals surface area contributed by atoms with Crippen LogP contribution in [0.5, 0.6) is 0 Å². The average Bonchev–Trinajstić information content (AvgIpc) is 3.13. The van der Waals surface area contributed by atoms with E-state index in [1.54, 1.807) is 12.1 Å². The van der Waals surface area contributed by atoms with E-state index in [-0.39, 0.29) is 16.5 Å². The molecule has 0 saturated carbocycles. The van der Waals surface area contributed by atoms with Gasteiger partial charge in [-0.3, -0.25) is 14.9 Å². The lowest BCUT2D eigenvalue weighted by Crippen LogP contribution is -2.56. The minimum Gasteiger partial charge on any atom is -0.302 e. The number of carbonyl (C=O) groups is 1. The van der Waals surface area contributed by atoms with Crippen molar-refractivity contribution in [1.29, 1.82) is 0 Å². The summed E-state index contributed by atoms with van der Waals surface area (Å²) in [7, 11) is 0. The lowest BCUT2D eigenvalue weighted by Gasteiger charge is -2.52. The second kappa shape index (κ2) is 12.6. The summed E-state index contributed by atoms with van der Waals surface area (Å²) in [6.45, 7) is 8.45. The average molecular weight is 657 g/mol. The molecule has 1 atom stereocenters. The number of aryl methyl sites for hydroxylation is 1. The van der Waals surface area contributed by atoms with Gasteiger partial charge in [0.15, 0.2) is 0 Å². The van der Waals surface area contributed by atoms with Gasteiger partial charge in [-0.25, -0.2) is 0 Å². The van der Waals surface area contributed by atoms with Crippen molar-refractivity contribution in [2.75, 3.05) is 4.90 Å². The number of rotatable bonds is 7. The highest BCUT2D eigenvalue weighted by molar-refractivity contribution is 6.08. The second-order valence-electron chi connectivity index (χ2n) is 14.2. The molecule has 6 aromatic rings. The third-order valence-electron chi connectivity index (χ3n) is 10.5. The van der Waals surface area contributed by atoms with Crippen LogP contribution in [0.15, 0.2) is 158 Å². The molecular formula is C45H40N2O3. The standard InChI is InChI=1S/C45H40N2O3/c1-32-20-22-33(23-21-32)42(48)46-41-29-26-38(30-40(41)44(4,31-43(46,2)3)34-24-27-39(28-25-34)47(49)50)45(35-14-8-5-9-15-35,36-16-10-6-11-17-36)37-18-12-7-13-19-37/h5-30H,31H2,1-4H3/t44-/m0/s1. The van der Waals surface area contributed by atoms with E-state index in [1.165, 1.54) is 0 Å². The van der Waals surface area contributed by atoms with E-state index in [9.17, 15) is 14.9 Å². The zero-order valence-corrected chi connectivity index (χ0v) is 28.8.